The molecule has 0 radical (unpaired) electrons. The van der Waals surface area contributed by atoms with Crippen molar-refractivity contribution >= 4 is 0 Å². The molecule has 0 fully saturated rings. The number of aromatic nitrogens is 1. The van der Waals surface area contributed by atoms with E-state index in [-0.39, 0.29) is 11.6 Å². The highest BCUT2D eigenvalue weighted by atomic mass is 16.1. The summed E-state index contributed by atoms with van der Waals surface area (Å²) in [5.74, 6) is 0.573. The van der Waals surface area contributed by atoms with Gasteiger partial charge in [-0.1, -0.05) is 38.1 Å². The lowest BCUT2D eigenvalue weighted by atomic mass is 9.97. The second kappa shape index (κ2) is 6.93. The highest BCUT2D eigenvalue weighted by Crippen LogP contribution is 2.19. The normalized spacial score (nSPS) is 12.6. The van der Waals surface area contributed by atoms with Gasteiger partial charge in [-0.25, -0.2) is 0 Å². The molecule has 0 aliphatic carbocycles. The minimum Gasteiger partial charge on any atom is -0.320 e. The minimum absolute atomic E-state index is 0.0221. The number of nitrogens with two attached hydrogens (primary N) is 1. The number of benzene rings is 1. The Bertz CT molecular complexity index is 701. The Morgan fingerprint density at radius 1 is 1.14 bits per heavy atom. The molecule has 1 aromatic heterocycles. The van der Waals surface area contributed by atoms with Crippen LogP contribution in [0.4, 0.5) is 0 Å². The largest absolute Gasteiger partial charge is 0.320 e. The van der Waals surface area contributed by atoms with Gasteiger partial charge in [0.25, 0.3) is 5.56 Å². The van der Waals surface area contributed by atoms with E-state index in [1.807, 2.05) is 24.4 Å². The average Bonchev–Trinajstić information content (AvgIpc) is 2.48. The molecule has 2 aromatic rings. The van der Waals surface area contributed by atoms with Crippen molar-refractivity contribution in [3.63, 3.8) is 0 Å². The molecule has 0 aliphatic heterocycles. The van der Waals surface area contributed by atoms with Crippen molar-refractivity contribution in [3.05, 3.63) is 69.1 Å². The molecule has 0 saturated heterocycles. The van der Waals surface area contributed by atoms with E-state index in [1.54, 1.807) is 4.57 Å². The van der Waals surface area contributed by atoms with E-state index < -0.39 is 0 Å². The third kappa shape index (κ3) is 3.66. The molecule has 0 spiro atoms. The quantitative estimate of drug-likeness (QED) is 0.917. The molecule has 1 aromatic carbocycles. The van der Waals surface area contributed by atoms with Crippen LogP contribution in [0.1, 0.15) is 48.6 Å². The summed E-state index contributed by atoms with van der Waals surface area (Å²) < 4.78 is 1.77. The lowest BCUT2D eigenvalue weighted by Gasteiger charge is -2.16. The van der Waals surface area contributed by atoms with Gasteiger partial charge in [0.1, 0.15) is 0 Å². The van der Waals surface area contributed by atoms with Gasteiger partial charge in [-0.2, -0.15) is 0 Å². The van der Waals surface area contributed by atoms with Crippen LogP contribution in [0.5, 0.6) is 0 Å². The maximum Gasteiger partial charge on any atom is 0.255 e. The molecule has 118 valence electrons. The Morgan fingerprint density at radius 3 is 2.50 bits per heavy atom. The SMILES string of the molecule is Cc1ccc(C(N)c2cccn(CCC(C)C)c2=O)cc1C. The minimum atomic E-state index is -0.377. The van der Waals surface area contributed by atoms with E-state index in [1.165, 1.54) is 11.1 Å². The summed E-state index contributed by atoms with van der Waals surface area (Å²) in [5, 5.41) is 0. The van der Waals surface area contributed by atoms with E-state index in [0.717, 1.165) is 18.5 Å². The van der Waals surface area contributed by atoms with Crippen molar-refractivity contribution in [2.45, 2.75) is 46.7 Å². The molecule has 3 heteroatoms. The van der Waals surface area contributed by atoms with Crippen LogP contribution in [0.25, 0.3) is 0 Å². The summed E-state index contributed by atoms with van der Waals surface area (Å²) >= 11 is 0. The van der Waals surface area contributed by atoms with Gasteiger partial charge < -0.3 is 10.3 Å². The van der Waals surface area contributed by atoms with Crippen molar-refractivity contribution in [3.8, 4) is 0 Å². The van der Waals surface area contributed by atoms with Crippen molar-refractivity contribution in [2.24, 2.45) is 11.7 Å². The summed E-state index contributed by atoms with van der Waals surface area (Å²) in [4.78, 5) is 12.6. The Hall–Kier alpha value is -1.87. The van der Waals surface area contributed by atoms with Crippen LogP contribution in [-0.4, -0.2) is 4.57 Å². The number of hydrogen-bond donors (Lipinski definition) is 1. The Labute approximate surface area is 132 Å². The first kappa shape index (κ1) is 16.5. The van der Waals surface area contributed by atoms with Gasteiger partial charge in [-0.05, 0) is 48.9 Å². The second-order valence-corrected chi connectivity index (χ2v) is 6.47. The standard InChI is InChI=1S/C19H26N2O/c1-13(2)9-11-21-10-5-6-17(19(21)22)18(20)16-8-7-14(3)15(4)12-16/h5-8,10,12-13,18H,9,11,20H2,1-4H3. The smallest absolute Gasteiger partial charge is 0.255 e. The molecule has 1 atom stereocenters. The molecule has 2 rings (SSSR count). The van der Waals surface area contributed by atoms with Crippen molar-refractivity contribution < 1.29 is 0 Å². The summed E-state index contributed by atoms with van der Waals surface area (Å²) in [7, 11) is 0. The fraction of sp³-hybridized carbons (Fsp3) is 0.421. The Balaban J connectivity index is 2.33. The molecule has 0 saturated carbocycles. The molecule has 0 amide bonds. The maximum absolute atomic E-state index is 12.6. The Kier molecular flexibility index (Phi) is 5.19. The number of rotatable bonds is 5. The van der Waals surface area contributed by atoms with Crippen molar-refractivity contribution in [2.75, 3.05) is 0 Å². The summed E-state index contributed by atoms with van der Waals surface area (Å²) in [6.07, 6.45) is 2.84. The second-order valence-electron chi connectivity index (χ2n) is 6.47. The van der Waals surface area contributed by atoms with E-state index in [4.69, 9.17) is 5.73 Å². The van der Waals surface area contributed by atoms with Gasteiger partial charge in [0.15, 0.2) is 0 Å². The maximum atomic E-state index is 12.6. The summed E-state index contributed by atoms with van der Waals surface area (Å²) in [6, 6.07) is 9.53. The van der Waals surface area contributed by atoms with E-state index in [0.29, 0.717) is 11.5 Å². The average molecular weight is 298 g/mol. The summed E-state index contributed by atoms with van der Waals surface area (Å²) in [6.45, 7) is 9.21. The van der Waals surface area contributed by atoms with Crippen LogP contribution in [-0.2, 0) is 6.54 Å². The van der Waals surface area contributed by atoms with Crippen LogP contribution in [0.2, 0.25) is 0 Å². The predicted molar refractivity (Wildman–Crippen MR) is 92.1 cm³/mol. The molecule has 2 N–H and O–H groups in total. The van der Waals surface area contributed by atoms with Gasteiger partial charge in [0.2, 0.25) is 0 Å². The zero-order valence-corrected chi connectivity index (χ0v) is 14.0. The van der Waals surface area contributed by atoms with E-state index >= 15 is 0 Å². The Morgan fingerprint density at radius 2 is 1.86 bits per heavy atom. The van der Waals surface area contributed by atoms with Gasteiger partial charge in [-0.3, -0.25) is 4.79 Å². The zero-order valence-electron chi connectivity index (χ0n) is 14.0. The molecule has 22 heavy (non-hydrogen) atoms. The van der Waals surface area contributed by atoms with Crippen LogP contribution in [0, 0.1) is 19.8 Å². The molecule has 1 heterocycles. The molecular formula is C19H26N2O. The van der Waals surface area contributed by atoms with Gasteiger partial charge >= 0.3 is 0 Å². The molecule has 0 bridgehead atoms. The number of hydrogen-bond acceptors (Lipinski definition) is 2. The molecular weight excluding hydrogens is 272 g/mol. The fourth-order valence-electron chi connectivity index (χ4n) is 2.50. The fourth-order valence-corrected chi connectivity index (χ4v) is 2.50. The monoisotopic (exact) mass is 298 g/mol. The van der Waals surface area contributed by atoms with Crippen LogP contribution in [0.3, 0.4) is 0 Å². The lowest BCUT2D eigenvalue weighted by molar-refractivity contribution is 0.505. The van der Waals surface area contributed by atoms with Gasteiger partial charge in [0, 0.05) is 18.3 Å². The predicted octanol–water partition coefficient (Wildman–Crippen LogP) is 3.56. The van der Waals surface area contributed by atoms with E-state index in [9.17, 15) is 4.79 Å². The highest BCUT2D eigenvalue weighted by molar-refractivity contribution is 5.36. The van der Waals surface area contributed by atoms with E-state index in [2.05, 4.69) is 39.8 Å². The van der Waals surface area contributed by atoms with Crippen molar-refractivity contribution in [1.29, 1.82) is 0 Å². The molecule has 1 unspecified atom stereocenters. The molecule has 0 aliphatic rings. The van der Waals surface area contributed by atoms with Crippen molar-refractivity contribution in [1.82, 2.24) is 4.57 Å². The molecule has 3 nitrogen and oxygen atoms in total. The zero-order chi connectivity index (χ0) is 16.3. The van der Waals surface area contributed by atoms with Gasteiger partial charge in [0.05, 0.1) is 6.04 Å². The van der Waals surface area contributed by atoms with Crippen LogP contribution < -0.4 is 11.3 Å². The first-order valence-electron chi connectivity index (χ1n) is 7.92. The topological polar surface area (TPSA) is 48.0 Å². The number of pyridine rings is 1. The number of aryl methyl sites for hydroxylation is 3. The third-order valence-electron chi connectivity index (χ3n) is 4.22. The highest BCUT2D eigenvalue weighted by Gasteiger charge is 2.14. The summed E-state index contributed by atoms with van der Waals surface area (Å²) in [5.41, 5.74) is 10.5. The first-order chi connectivity index (χ1) is 10.4. The van der Waals surface area contributed by atoms with Gasteiger partial charge in [-0.15, -0.1) is 0 Å². The van der Waals surface area contributed by atoms with Crippen LogP contribution in [0.15, 0.2) is 41.3 Å². The first-order valence-corrected chi connectivity index (χ1v) is 7.92. The number of nitrogens with zero attached hydrogens (tertiary/aromatic N) is 1. The lowest BCUT2D eigenvalue weighted by Crippen LogP contribution is -2.28. The van der Waals surface area contributed by atoms with Crippen LogP contribution >= 0.6 is 0 Å². The third-order valence-corrected chi connectivity index (χ3v) is 4.22.